The number of nitro groups is 1. The van der Waals surface area contributed by atoms with Crippen molar-refractivity contribution in [2.75, 3.05) is 5.73 Å². The predicted molar refractivity (Wildman–Crippen MR) is 69.1 cm³/mol. The summed E-state index contributed by atoms with van der Waals surface area (Å²) in [6, 6.07) is 6.25. The van der Waals surface area contributed by atoms with Crippen molar-refractivity contribution >= 4 is 11.5 Å². The van der Waals surface area contributed by atoms with Gasteiger partial charge in [-0.15, -0.1) is 0 Å². The van der Waals surface area contributed by atoms with Gasteiger partial charge in [-0.1, -0.05) is 12.1 Å². The minimum absolute atomic E-state index is 0.0858. The van der Waals surface area contributed by atoms with E-state index < -0.39 is 4.92 Å². The number of aryl methyl sites for hydroxylation is 2. The van der Waals surface area contributed by atoms with Crippen molar-refractivity contribution in [1.82, 2.24) is 9.97 Å². The molecule has 2 N–H and O–H groups in total. The molecule has 0 radical (unpaired) electrons. The average Bonchev–Trinajstić information content (AvgIpc) is 2.26. The lowest BCUT2D eigenvalue weighted by Gasteiger charge is -2.07. The number of nitrogen functional groups attached to an aromatic ring is 1. The van der Waals surface area contributed by atoms with Gasteiger partial charge in [0.2, 0.25) is 11.6 Å². The molecule has 2 aromatic rings. The minimum Gasteiger partial charge on any atom is -0.432 e. The molecule has 1 aromatic heterocycles. The number of ether oxygens (including phenoxy) is 1. The standard InChI is InChI=1S/C12H12N4O3/c1-7-4-3-5-9(12(7)16(17)18)19-11-6-10(13)14-8(2)15-11/h3-6H,1-2H3,(H2,13,14,15). The topological polar surface area (TPSA) is 104 Å². The van der Waals surface area contributed by atoms with Gasteiger partial charge in [-0.2, -0.15) is 4.98 Å². The van der Waals surface area contributed by atoms with E-state index in [-0.39, 0.29) is 23.1 Å². The molecular weight excluding hydrogens is 248 g/mol. The van der Waals surface area contributed by atoms with Crippen LogP contribution in [0.15, 0.2) is 24.3 Å². The van der Waals surface area contributed by atoms with Crippen molar-refractivity contribution in [2.24, 2.45) is 0 Å². The van der Waals surface area contributed by atoms with E-state index in [1.54, 1.807) is 26.0 Å². The monoisotopic (exact) mass is 260 g/mol. The number of nitrogens with zero attached hydrogens (tertiary/aromatic N) is 3. The molecule has 98 valence electrons. The van der Waals surface area contributed by atoms with Gasteiger partial charge in [-0.3, -0.25) is 10.1 Å². The summed E-state index contributed by atoms with van der Waals surface area (Å²) in [6.07, 6.45) is 0. The van der Waals surface area contributed by atoms with Crippen LogP contribution in [0.25, 0.3) is 0 Å². The molecule has 7 heteroatoms. The van der Waals surface area contributed by atoms with E-state index in [1.807, 2.05) is 0 Å². The van der Waals surface area contributed by atoms with E-state index in [0.29, 0.717) is 11.4 Å². The Bertz CT molecular complexity index is 623. The lowest BCUT2D eigenvalue weighted by atomic mass is 10.2. The number of benzene rings is 1. The molecule has 0 aliphatic carbocycles. The quantitative estimate of drug-likeness (QED) is 0.671. The zero-order valence-corrected chi connectivity index (χ0v) is 10.5. The van der Waals surface area contributed by atoms with Crippen LogP contribution in [0.2, 0.25) is 0 Å². The summed E-state index contributed by atoms with van der Waals surface area (Å²) >= 11 is 0. The smallest absolute Gasteiger partial charge is 0.314 e. The van der Waals surface area contributed by atoms with Crippen LogP contribution in [0.5, 0.6) is 11.6 Å². The number of rotatable bonds is 3. The summed E-state index contributed by atoms with van der Waals surface area (Å²) in [7, 11) is 0. The van der Waals surface area contributed by atoms with Crippen LogP contribution in [0, 0.1) is 24.0 Å². The predicted octanol–water partition coefficient (Wildman–Crippen LogP) is 2.38. The largest absolute Gasteiger partial charge is 0.432 e. The zero-order valence-electron chi connectivity index (χ0n) is 10.5. The fourth-order valence-corrected chi connectivity index (χ4v) is 1.68. The Kier molecular flexibility index (Phi) is 3.28. The van der Waals surface area contributed by atoms with Gasteiger partial charge in [0.1, 0.15) is 11.6 Å². The van der Waals surface area contributed by atoms with E-state index in [9.17, 15) is 10.1 Å². The lowest BCUT2D eigenvalue weighted by molar-refractivity contribution is -0.386. The van der Waals surface area contributed by atoms with Gasteiger partial charge in [0.05, 0.1) is 4.92 Å². The SMILES string of the molecule is Cc1nc(N)cc(Oc2cccc(C)c2[N+](=O)[O-])n1. The molecule has 0 atom stereocenters. The van der Waals surface area contributed by atoms with E-state index >= 15 is 0 Å². The second-order valence-corrected chi connectivity index (χ2v) is 3.96. The Morgan fingerprint density at radius 2 is 2.05 bits per heavy atom. The van der Waals surface area contributed by atoms with Gasteiger partial charge in [-0.25, -0.2) is 4.98 Å². The van der Waals surface area contributed by atoms with Crippen LogP contribution in [-0.4, -0.2) is 14.9 Å². The molecule has 7 nitrogen and oxygen atoms in total. The van der Waals surface area contributed by atoms with Crippen LogP contribution in [0.4, 0.5) is 11.5 Å². The van der Waals surface area contributed by atoms with Crippen molar-refractivity contribution in [3.8, 4) is 11.6 Å². The van der Waals surface area contributed by atoms with Crippen LogP contribution < -0.4 is 10.5 Å². The van der Waals surface area contributed by atoms with E-state index in [0.717, 1.165) is 0 Å². The number of hydrogen-bond donors (Lipinski definition) is 1. The summed E-state index contributed by atoms with van der Waals surface area (Å²) < 4.78 is 5.44. The normalized spacial score (nSPS) is 10.2. The number of nitrogens with two attached hydrogens (primary N) is 1. The molecule has 19 heavy (non-hydrogen) atoms. The first-order valence-electron chi connectivity index (χ1n) is 5.50. The number of hydrogen-bond acceptors (Lipinski definition) is 6. The molecule has 0 saturated carbocycles. The summed E-state index contributed by atoms with van der Waals surface area (Å²) in [6.45, 7) is 3.30. The van der Waals surface area contributed by atoms with Crippen LogP contribution in [-0.2, 0) is 0 Å². The number of nitro benzene ring substituents is 1. The maximum absolute atomic E-state index is 11.0. The van der Waals surface area contributed by atoms with Crippen molar-refractivity contribution in [1.29, 1.82) is 0 Å². The Hall–Kier alpha value is -2.70. The van der Waals surface area contributed by atoms with Crippen LogP contribution in [0.1, 0.15) is 11.4 Å². The Morgan fingerprint density at radius 1 is 1.32 bits per heavy atom. The fraction of sp³-hybridized carbons (Fsp3) is 0.167. The Labute approximate surface area is 109 Å². The highest BCUT2D eigenvalue weighted by atomic mass is 16.6. The minimum atomic E-state index is -0.484. The van der Waals surface area contributed by atoms with Crippen LogP contribution >= 0.6 is 0 Å². The van der Waals surface area contributed by atoms with Gasteiger partial charge in [0, 0.05) is 11.6 Å². The molecule has 0 aliphatic rings. The van der Waals surface area contributed by atoms with Crippen molar-refractivity contribution in [2.45, 2.75) is 13.8 Å². The molecule has 1 heterocycles. The maximum atomic E-state index is 11.0. The highest BCUT2D eigenvalue weighted by molar-refractivity contribution is 5.53. The summed E-state index contributed by atoms with van der Waals surface area (Å²) in [5.41, 5.74) is 6.01. The molecule has 0 bridgehead atoms. The Morgan fingerprint density at radius 3 is 2.68 bits per heavy atom. The average molecular weight is 260 g/mol. The third-order valence-electron chi connectivity index (χ3n) is 2.43. The number of anilines is 1. The van der Waals surface area contributed by atoms with E-state index in [1.165, 1.54) is 12.1 Å². The first-order chi connectivity index (χ1) is 8.97. The molecule has 0 fully saturated rings. The molecule has 2 rings (SSSR count). The van der Waals surface area contributed by atoms with Crippen molar-refractivity contribution in [3.05, 3.63) is 45.8 Å². The van der Waals surface area contributed by atoms with Gasteiger partial charge >= 0.3 is 5.69 Å². The van der Waals surface area contributed by atoms with Crippen molar-refractivity contribution in [3.63, 3.8) is 0 Å². The van der Waals surface area contributed by atoms with Gasteiger partial charge in [0.25, 0.3) is 0 Å². The van der Waals surface area contributed by atoms with Crippen LogP contribution in [0.3, 0.4) is 0 Å². The molecule has 1 aromatic carbocycles. The third kappa shape index (κ3) is 2.76. The summed E-state index contributed by atoms with van der Waals surface area (Å²) in [5.74, 6) is 0.990. The second kappa shape index (κ2) is 4.89. The highest BCUT2D eigenvalue weighted by Crippen LogP contribution is 2.33. The highest BCUT2D eigenvalue weighted by Gasteiger charge is 2.19. The first kappa shape index (κ1) is 12.7. The summed E-state index contributed by atoms with van der Waals surface area (Å²) in [4.78, 5) is 18.5. The fourth-order valence-electron chi connectivity index (χ4n) is 1.68. The molecule has 0 aliphatic heterocycles. The first-order valence-corrected chi connectivity index (χ1v) is 5.50. The Balaban J connectivity index is 2.43. The zero-order chi connectivity index (χ0) is 14.0. The summed E-state index contributed by atoms with van der Waals surface area (Å²) in [5, 5.41) is 11.0. The lowest BCUT2D eigenvalue weighted by Crippen LogP contribution is -2.00. The molecule has 0 amide bonds. The molecule has 0 unspecified atom stereocenters. The molecule has 0 saturated heterocycles. The second-order valence-electron chi connectivity index (χ2n) is 3.96. The molecular formula is C12H12N4O3. The maximum Gasteiger partial charge on any atom is 0.314 e. The number of para-hydroxylation sites is 1. The van der Waals surface area contributed by atoms with E-state index in [2.05, 4.69) is 9.97 Å². The van der Waals surface area contributed by atoms with E-state index in [4.69, 9.17) is 10.5 Å². The van der Waals surface area contributed by atoms with Gasteiger partial charge in [0.15, 0.2) is 0 Å². The molecule has 0 spiro atoms. The van der Waals surface area contributed by atoms with Crippen molar-refractivity contribution < 1.29 is 9.66 Å². The number of aromatic nitrogens is 2. The van der Waals surface area contributed by atoms with Gasteiger partial charge in [-0.05, 0) is 19.9 Å². The van der Waals surface area contributed by atoms with Gasteiger partial charge < -0.3 is 10.5 Å². The third-order valence-corrected chi connectivity index (χ3v) is 2.43.